The molecule has 5 heteroatoms. The molecule has 0 N–H and O–H groups in total. The van der Waals surface area contributed by atoms with Gasteiger partial charge in [0.05, 0.1) is 31.0 Å². The number of aryl methyl sites for hydroxylation is 1. The molecule has 132 valence electrons. The summed E-state index contributed by atoms with van der Waals surface area (Å²) >= 11 is 0. The normalized spacial score (nSPS) is 19.7. The maximum atomic E-state index is 13.0. The second kappa shape index (κ2) is 7.00. The van der Waals surface area contributed by atoms with Crippen LogP contribution in [-0.4, -0.2) is 40.3 Å². The molecule has 2 heterocycles. The van der Waals surface area contributed by atoms with Crippen LogP contribution in [0.15, 0.2) is 36.5 Å². The van der Waals surface area contributed by atoms with Crippen LogP contribution in [0.1, 0.15) is 35.7 Å². The van der Waals surface area contributed by atoms with Gasteiger partial charge in [0.2, 0.25) is 5.91 Å². The highest BCUT2D eigenvalue weighted by atomic mass is 16.5. The molecule has 2 aliphatic rings. The Morgan fingerprint density at radius 1 is 1.24 bits per heavy atom. The van der Waals surface area contributed by atoms with E-state index in [-0.39, 0.29) is 11.9 Å². The summed E-state index contributed by atoms with van der Waals surface area (Å²) in [6, 6.07) is 9.92. The molecule has 1 fully saturated rings. The summed E-state index contributed by atoms with van der Waals surface area (Å²) in [5, 5.41) is 4.40. The molecule has 1 saturated carbocycles. The van der Waals surface area contributed by atoms with Gasteiger partial charge in [-0.15, -0.1) is 0 Å². The smallest absolute Gasteiger partial charge is 0.227 e. The second-order valence-electron chi connectivity index (χ2n) is 7.17. The van der Waals surface area contributed by atoms with E-state index < -0.39 is 0 Å². The van der Waals surface area contributed by atoms with E-state index in [1.165, 1.54) is 18.4 Å². The first kappa shape index (κ1) is 16.3. The van der Waals surface area contributed by atoms with E-state index in [9.17, 15) is 4.79 Å². The maximum absolute atomic E-state index is 13.0. The van der Waals surface area contributed by atoms with E-state index in [0.717, 1.165) is 36.7 Å². The highest BCUT2D eigenvalue weighted by Crippen LogP contribution is 2.32. The number of hydrogen-bond donors (Lipinski definition) is 0. The van der Waals surface area contributed by atoms with Gasteiger partial charge in [-0.2, -0.15) is 5.10 Å². The Kier molecular flexibility index (Phi) is 4.57. The van der Waals surface area contributed by atoms with Crippen molar-refractivity contribution in [3.05, 3.63) is 53.3 Å². The number of amides is 1. The molecule has 1 atom stereocenters. The van der Waals surface area contributed by atoms with Crippen molar-refractivity contribution in [3.63, 3.8) is 0 Å². The number of benzene rings is 1. The first-order valence-electron chi connectivity index (χ1n) is 9.14. The average molecular weight is 339 g/mol. The van der Waals surface area contributed by atoms with Crippen molar-refractivity contribution in [1.82, 2.24) is 14.7 Å². The predicted molar refractivity (Wildman–Crippen MR) is 95.1 cm³/mol. The van der Waals surface area contributed by atoms with Crippen LogP contribution in [0.5, 0.6) is 0 Å². The number of ether oxygens (including phenoxy) is 1. The van der Waals surface area contributed by atoms with Gasteiger partial charge in [-0.1, -0.05) is 30.3 Å². The molecule has 1 aliphatic carbocycles. The third-order valence-corrected chi connectivity index (χ3v) is 5.22. The van der Waals surface area contributed by atoms with Crippen LogP contribution < -0.4 is 0 Å². The summed E-state index contributed by atoms with van der Waals surface area (Å²) < 4.78 is 7.88. The predicted octanol–water partition coefficient (Wildman–Crippen LogP) is 2.52. The molecule has 0 bridgehead atoms. The fourth-order valence-electron chi connectivity index (χ4n) is 3.63. The van der Waals surface area contributed by atoms with Crippen LogP contribution in [0.3, 0.4) is 0 Å². The molecule has 0 unspecified atom stereocenters. The van der Waals surface area contributed by atoms with Gasteiger partial charge in [-0.3, -0.25) is 9.48 Å². The van der Waals surface area contributed by atoms with Gasteiger partial charge in [-0.05, 0) is 36.3 Å². The zero-order chi connectivity index (χ0) is 17.2. The number of hydrogen-bond acceptors (Lipinski definition) is 3. The SMILES string of the molecule is Cn1ncc2c1[C@H](COCC1CC1)N(C(=O)Cc1ccccc1)CC2. The summed E-state index contributed by atoms with van der Waals surface area (Å²) in [4.78, 5) is 15.0. The zero-order valence-electron chi connectivity index (χ0n) is 14.7. The van der Waals surface area contributed by atoms with Crippen molar-refractivity contribution in [2.75, 3.05) is 19.8 Å². The lowest BCUT2D eigenvalue weighted by Gasteiger charge is -2.36. The molecule has 25 heavy (non-hydrogen) atoms. The molecule has 1 aromatic carbocycles. The molecule has 1 aromatic heterocycles. The molecule has 0 spiro atoms. The van der Waals surface area contributed by atoms with Gasteiger partial charge in [0, 0.05) is 20.2 Å². The van der Waals surface area contributed by atoms with Gasteiger partial charge in [-0.25, -0.2) is 0 Å². The minimum atomic E-state index is -0.0359. The molecule has 2 aromatic rings. The topological polar surface area (TPSA) is 47.4 Å². The summed E-state index contributed by atoms with van der Waals surface area (Å²) in [5.41, 5.74) is 3.43. The van der Waals surface area contributed by atoms with E-state index in [1.807, 2.05) is 53.2 Å². The highest BCUT2D eigenvalue weighted by molar-refractivity contribution is 5.79. The van der Waals surface area contributed by atoms with Crippen molar-refractivity contribution in [3.8, 4) is 0 Å². The fraction of sp³-hybridized carbons (Fsp3) is 0.500. The Bertz CT molecular complexity index is 737. The Labute approximate surface area is 148 Å². The van der Waals surface area contributed by atoms with E-state index in [1.54, 1.807) is 0 Å². The largest absolute Gasteiger partial charge is 0.379 e. The Hall–Kier alpha value is -2.14. The van der Waals surface area contributed by atoms with Crippen molar-refractivity contribution in [2.45, 2.75) is 31.7 Å². The number of fused-ring (bicyclic) bond motifs is 1. The lowest BCUT2D eigenvalue weighted by atomic mass is 9.99. The van der Waals surface area contributed by atoms with Crippen LogP contribution >= 0.6 is 0 Å². The van der Waals surface area contributed by atoms with Crippen molar-refractivity contribution >= 4 is 5.91 Å². The third kappa shape index (κ3) is 3.61. The second-order valence-corrected chi connectivity index (χ2v) is 7.17. The molecule has 1 amide bonds. The highest BCUT2D eigenvalue weighted by Gasteiger charge is 2.34. The Morgan fingerprint density at radius 2 is 2.04 bits per heavy atom. The van der Waals surface area contributed by atoms with Gasteiger partial charge in [0.15, 0.2) is 0 Å². The number of aromatic nitrogens is 2. The van der Waals surface area contributed by atoms with Crippen molar-refractivity contribution in [2.24, 2.45) is 13.0 Å². The summed E-state index contributed by atoms with van der Waals surface area (Å²) in [6.45, 7) is 2.11. The molecule has 0 saturated heterocycles. The molecular weight excluding hydrogens is 314 g/mol. The fourth-order valence-corrected chi connectivity index (χ4v) is 3.63. The van der Waals surface area contributed by atoms with E-state index in [4.69, 9.17) is 4.74 Å². The number of carbonyl (C=O) groups excluding carboxylic acids is 1. The van der Waals surface area contributed by atoms with Crippen molar-refractivity contribution < 1.29 is 9.53 Å². The van der Waals surface area contributed by atoms with E-state index >= 15 is 0 Å². The van der Waals surface area contributed by atoms with Crippen LogP contribution in [0.25, 0.3) is 0 Å². The Balaban J connectivity index is 1.51. The molecule has 0 radical (unpaired) electrons. The molecular formula is C20H25N3O2. The summed E-state index contributed by atoms with van der Waals surface area (Å²) in [5.74, 6) is 0.890. The first-order valence-corrected chi connectivity index (χ1v) is 9.14. The third-order valence-electron chi connectivity index (χ3n) is 5.22. The van der Waals surface area contributed by atoms with Gasteiger partial charge in [0.25, 0.3) is 0 Å². The standard InChI is InChI=1S/C20H25N3O2/c1-22-20-17(12-21-22)9-10-23(18(20)14-25-13-16-7-8-16)19(24)11-15-5-3-2-4-6-15/h2-6,12,16,18H,7-11,13-14H2,1H3/t18-/m0/s1. The number of nitrogens with zero attached hydrogens (tertiary/aromatic N) is 3. The lowest BCUT2D eigenvalue weighted by molar-refractivity contribution is -0.135. The Morgan fingerprint density at radius 3 is 2.80 bits per heavy atom. The van der Waals surface area contributed by atoms with E-state index in [2.05, 4.69) is 5.10 Å². The quantitative estimate of drug-likeness (QED) is 0.812. The monoisotopic (exact) mass is 339 g/mol. The van der Waals surface area contributed by atoms with Crippen LogP contribution in [0, 0.1) is 5.92 Å². The van der Waals surface area contributed by atoms with E-state index in [0.29, 0.717) is 13.0 Å². The van der Waals surface area contributed by atoms with Crippen molar-refractivity contribution in [1.29, 1.82) is 0 Å². The number of rotatable bonds is 6. The van der Waals surface area contributed by atoms with Crippen LogP contribution in [0.2, 0.25) is 0 Å². The summed E-state index contributed by atoms with van der Waals surface area (Å²) in [7, 11) is 1.96. The van der Waals surface area contributed by atoms with Gasteiger partial charge < -0.3 is 9.64 Å². The average Bonchev–Trinajstić information content (AvgIpc) is 3.37. The van der Waals surface area contributed by atoms with Gasteiger partial charge in [0.1, 0.15) is 0 Å². The van der Waals surface area contributed by atoms with Gasteiger partial charge >= 0.3 is 0 Å². The molecule has 1 aliphatic heterocycles. The lowest BCUT2D eigenvalue weighted by Crippen LogP contribution is -2.43. The first-order chi connectivity index (χ1) is 12.2. The summed E-state index contributed by atoms with van der Waals surface area (Å²) in [6.07, 6.45) is 5.79. The zero-order valence-corrected chi connectivity index (χ0v) is 14.7. The minimum Gasteiger partial charge on any atom is -0.379 e. The maximum Gasteiger partial charge on any atom is 0.227 e. The van der Waals surface area contributed by atoms with Crippen LogP contribution in [0.4, 0.5) is 0 Å². The minimum absolute atomic E-state index is 0.0359. The van der Waals surface area contributed by atoms with Crippen LogP contribution in [-0.2, 0) is 29.4 Å². The molecule has 4 rings (SSSR count). The molecule has 5 nitrogen and oxygen atoms in total. The number of carbonyl (C=O) groups is 1.